The highest BCUT2D eigenvalue weighted by Crippen LogP contribution is 2.20. The summed E-state index contributed by atoms with van der Waals surface area (Å²) in [5.41, 5.74) is -0.0996. The summed E-state index contributed by atoms with van der Waals surface area (Å²) in [6.07, 6.45) is 4.22. The molecule has 3 rings (SSSR count). The predicted octanol–water partition coefficient (Wildman–Crippen LogP) is -1.35. The van der Waals surface area contributed by atoms with Crippen molar-refractivity contribution >= 4 is 11.9 Å². The number of hydrogen-bond donors (Lipinski definition) is 1. The second kappa shape index (κ2) is 4.72. The van der Waals surface area contributed by atoms with Gasteiger partial charge in [-0.15, -0.1) is 5.10 Å². The average molecular weight is 277 g/mol. The third-order valence-corrected chi connectivity index (χ3v) is 3.08. The van der Waals surface area contributed by atoms with Gasteiger partial charge in [0, 0.05) is 13.1 Å². The number of carboxylic acid groups (broad SMARTS) is 1. The lowest BCUT2D eigenvalue weighted by Gasteiger charge is -2.38. The molecule has 1 aliphatic heterocycles. The molecule has 0 spiro atoms. The van der Waals surface area contributed by atoms with Gasteiger partial charge in [-0.05, 0) is 0 Å². The van der Waals surface area contributed by atoms with Crippen LogP contribution in [-0.4, -0.2) is 64.7 Å². The van der Waals surface area contributed by atoms with Crippen LogP contribution < -0.4 is 0 Å². The first-order valence-electron chi connectivity index (χ1n) is 5.89. The summed E-state index contributed by atoms with van der Waals surface area (Å²) in [7, 11) is 0. The molecule has 1 aliphatic rings. The fraction of sp³-hybridized carbons (Fsp3) is 0.400. The lowest BCUT2D eigenvalue weighted by atomic mass is 10.1. The third kappa shape index (κ3) is 2.22. The number of amides is 1. The van der Waals surface area contributed by atoms with Crippen molar-refractivity contribution in [3.05, 3.63) is 24.5 Å². The summed E-state index contributed by atoms with van der Waals surface area (Å²) in [5.74, 6) is -1.18. The number of carbonyl (C=O) groups is 2. The molecule has 1 amide bonds. The summed E-state index contributed by atoms with van der Waals surface area (Å²) in [4.78, 5) is 28.0. The number of nitrogens with zero attached hydrogens (tertiary/aromatic N) is 7. The van der Waals surface area contributed by atoms with E-state index in [0.717, 1.165) is 0 Å². The highest BCUT2D eigenvalue weighted by atomic mass is 16.4. The fourth-order valence-electron chi connectivity index (χ4n) is 1.93. The maximum Gasteiger partial charge on any atom is 0.358 e. The van der Waals surface area contributed by atoms with Crippen LogP contribution in [0.4, 0.5) is 0 Å². The van der Waals surface area contributed by atoms with Crippen molar-refractivity contribution < 1.29 is 14.7 Å². The second-order valence-corrected chi connectivity index (χ2v) is 4.43. The first kappa shape index (κ1) is 12.3. The maximum absolute atomic E-state index is 11.9. The monoisotopic (exact) mass is 277 g/mol. The van der Waals surface area contributed by atoms with Crippen LogP contribution in [-0.2, 0) is 11.3 Å². The third-order valence-electron chi connectivity index (χ3n) is 3.08. The van der Waals surface area contributed by atoms with Crippen molar-refractivity contribution in [3.63, 3.8) is 0 Å². The predicted molar refractivity (Wildman–Crippen MR) is 62.6 cm³/mol. The number of likely N-dealkylation sites (tertiary alicyclic amines) is 1. The fourth-order valence-corrected chi connectivity index (χ4v) is 1.93. The molecule has 0 saturated carbocycles. The van der Waals surface area contributed by atoms with Crippen LogP contribution in [0.5, 0.6) is 0 Å². The lowest BCUT2D eigenvalue weighted by Crippen LogP contribution is -2.51. The minimum absolute atomic E-state index is 0.0321. The van der Waals surface area contributed by atoms with Gasteiger partial charge >= 0.3 is 5.97 Å². The molecule has 1 fully saturated rings. The van der Waals surface area contributed by atoms with Crippen molar-refractivity contribution in [1.82, 2.24) is 34.7 Å². The van der Waals surface area contributed by atoms with E-state index in [-0.39, 0.29) is 24.2 Å². The molecule has 3 heterocycles. The summed E-state index contributed by atoms with van der Waals surface area (Å²) >= 11 is 0. The highest BCUT2D eigenvalue weighted by molar-refractivity contribution is 5.84. The first-order chi connectivity index (χ1) is 9.63. The molecule has 10 heteroatoms. The van der Waals surface area contributed by atoms with E-state index < -0.39 is 5.97 Å². The quantitative estimate of drug-likeness (QED) is 0.733. The molecule has 2 aromatic rings. The van der Waals surface area contributed by atoms with Gasteiger partial charge in [0.25, 0.3) is 0 Å². The molecule has 0 radical (unpaired) electrons. The van der Waals surface area contributed by atoms with Crippen LogP contribution in [0.15, 0.2) is 18.9 Å². The van der Waals surface area contributed by atoms with Gasteiger partial charge in [0.2, 0.25) is 5.91 Å². The van der Waals surface area contributed by atoms with Crippen LogP contribution in [0, 0.1) is 0 Å². The molecule has 0 atom stereocenters. The molecule has 1 N–H and O–H groups in total. The molecule has 2 aromatic heterocycles. The van der Waals surface area contributed by atoms with E-state index in [9.17, 15) is 9.59 Å². The van der Waals surface area contributed by atoms with E-state index in [1.807, 2.05) is 0 Å². The zero-order valence-corrected chi connectivity index (χ0v) is 10.3. The molecule has 10 nitrogen and oxygen atoms in total. The van der Waals surface area contributed by atoms with Crippen LogP contribution in [0.3, 0.4) is 0 Å². The minimum Gasteiger partial charge on any atom is -0.476 e. The Labute approximate surface area is 112 Å². The van der Waals surface area contributed by atoms with Crippen molar-refractivity contribution in [2.75, 3.05) is 13.1 Å². The van der Waals surface area contributed by atoms with Gasteiger partial charge in [0.15, 0.2) is 5.69 Å². The van der Waals surface area contributed by atoms with Crippen LogP contribution >= 0.6 is 0 Å². The van der Waals surface area contributed by atoms with Gasteiger partial charge in [-0.3, -0.25) is 4.79 Å². The average Bonchev–Trinajstić information content (AvgIpc) is 2.97. The molecule has 0 aliphatic carbocycles. The van der Waals surface area contributed by atoms with E-state index in [1.165, 1.54) is 28.2 Å². The number of aromatic carboxylic acids is 1. The lowest BCUT2D eigenvalue weighted by molar-refractivity contribution is -0.138. The van der Waals surface area contributed by atoms with Gasteiger partial charge < -0.3 is 10.0 Å². The Balaban J connectivity index is 1.55. The number of aromatic nitrogens is 6. The molecule has 104 valence electrons. The van der Waals surface area contributed by atoms with Crippen molar-refractivity contribution in [1.29, 1.82) is 0 Å². The molecule has 1 saturated heterocycles. The van der Waals surface area contributed by atoms with Gasteiger partial charge in [-0.1, -0.05) is 5.21 Å². The van der Waals surface area contributed by atoms with Crippen LogP contribution in [0.2, 0.25) is 0 Å². The Hall–Kier alpha value is -2.78. The van der Waals surface area contributed by atoms with Gasteiger partial charge in [-0.25, -0.2) is 19.1 Å². The standard InChI is InChI=1S/C10H11N7O3/c18-9(4-16-6-11-5-12-16)15-1-7(2-15)17-3-8(10(19)20)13-14-17/h3,5-7H,1-2,4H2,(H,19,20). The van der Waals surface area contributed by atoms with Crippen molar-refractivity contribution in [2.24, 2.45) is 0 Å². The smallest absolute Gasteiger partial charge is 0.358 e. The molecule has 0 bridgehead atoms. The Kier molecular flexibility index (Phi) is 2.89. The van der Waals surface area contributed by atoms with E-state index >= 15 is 0 Å². The number of carboxylic acids is 1. The largest absolute Gasteiger partial charge is 0.476 e. The molecule has 0 unspecified atom stereocenters. The normalized spacial score (nSPS) is 15.1. The molecular formula is C10H11N7O3. The Morgan fingerprint density at radius 1 is 1.40 bits per heavy atom. The van der Waals surface area contributed by atoms with E-state index in [1.54, 1.807) is 4.90 Å². The maximum atomic E-state index is 11.9. The zero-order chi connectivity index (χ0) is 14.1. The Morgan fingerprint density at radius 3 is 2.80 bits per heavy atom. The summed E-state index contributed by atoms with van der Waals surface area (Å²) in [6.45, 7) is 1.11. The number of carbonyl (C=O) groups excluding carboxylic acids is 1. The Bertz CT molecular complexity index is 629. The van der Waals surface area contributed by atoms with Crippen molar-refractivity contribution in [3.8, 4) is 0 Å². The number of rotatable bonds is 4. The van der Waals surface area contributed by atoms with Gasteiger partial charge in [-0.2, -0.15) is 5.10 Å². The SMILES string of the molecule is O=C(O)c1cn(C2CN(C(=O)Cn3cncn3)C2)nn1. The molecule has 20 heavy (non-hydrogen) atoms. The van der Waals surface area contributed by atoms with E-state index in [4.69, 9.17) is 5.11 Å². The van der Waals surface area contributed by atoms with Gasteiger partial charge in [0.05, 0.1) is 12.2 Å². The summed E-state index contributed by atoms with van der Waals surface area (Å²) < 4.78 is 2.93. The van der Waals surface area contributed by atoms with Gasteiger partial charge in [0.1, 0.15) is 19.2 Å². The van der Waals surface area contributed by atoms with E-state index in [2.05, 4.69) is 20.4 Å². The zero-order valence-electron chi connectivity index (χ0n) is 10.3. The molecule has 0 aromatic carbocycles. The molecular weight excluding hydrogens is 266 g/mol. The van der Waals surface area contributed by atoms with Crippen molar-refractivity contribution in [2.45, 2.75) is 12.6 Å². The second-order valence-electron chi connectivity index (χ2n) is 4.43. The first-order valence-corrected chi connectivity index (χ1v) is 5.89. The topological polar surface area (TPSA) is 119 Å². The summed E-state index contributed by atoms with van der Waals surface area (Å²) in [6, 6.07) is -0.0321. The Morgan fingerprint density at radius 2 is 2.20 bits per heavy atom. The minimum atomic E-state index is -1.12. The highest BCUT2D eigenvalue weighted by Gasteiger charge is 2.33. The van der Waals surface area contributed by atoms with Crippen LogP contribution in [0.25, 0.3) is 0 Å². The summed E-state index contributed by atoms with van der Waals surface area (Å²) in [5, 5.41) is 19.9. The van der Waals surface area contributed by atoms with E-state index in [0.29, 0.717) is 13.1 Å². The number of hydrogen-bond acceptors (Lipinski definition) is 6. The van der Waals surface area contributed by atoms with Crippen LogP contribution in [0.1, 0.15) is 16.5 Å².